The molecule has 0 aromatic heterocycles. The Bertz CT molecular complexity index is 1450. The van der Waals surface area contributed by atoms with Crippen molar-refractivity contribution in [1.82, 2.24) is 0 Å². The first-order chi connectivity index (χ1) is 17.1. The molecule has 9 nitrogen and oxygen atoms in total. The summed E-state index contributed by atoms with van der Waals surface area (Å²) < 4.78 is 34.1. The quantitative estimate of drug-likeness (QED) is 0.191. The Morgan fingerprint density at radius 2 is 1.08 bits per heavy atom. The second kappa shape index (κ2) is 9.23. The van der Waals surface area contributed by atoms with Gasteiger partial charge in [-0.05, 0) is 0 Å². The number of hydrogen-bond donors (Lipinski definition) is 0. The maximum atomic E-state index is 13.9. The van der Waals surface area contributed by atoms with Crippen molar-refractivity contribution >= 4 is 44.2 Å². The molecule has 0 unspecified atom stereocenters. The van der Waals surface area contributed by atoms with Crippen molar-refractivity contribution in [2.75, 3.05) is 6.66 Å². The molecule has 0 saturated carbocycles. The first-order valence-electron chi connectivity index (χ1n) is 10.7. The van der Waals surface area contributed by atoms with Crippen LogP contribution in [0.15, 0.2) is 114 Å². The van der Waals surface area contributed by atoms with Crippen molar-refractivity contribution in [3.63, 3.8) is 0 Å². The number of benzene rings is 4. The number of rotatable bonds is 8. The third-order valence-electron chi connectivity index (χ3n) is 6.04. The minimum absolute atomic E-state index is 0.578. The number of non-ortho nitro benzene ring substituents is 1. The Balaban J connectivity index is 2.08. The molecule has 0 bridgehead atoms. The Kier molecular flexibility index (Phi) is 6.44. The van der Waals surface area contributed by atoms with E-state index in [-0.39, 0.29) is 0 Å². The molecular formula is C25H21N2O7PS. The topological polar surface area (TPSA) is 130 Å². The first-order valence-corrected chi connectivity index (χ1v) is 14.7. The fraction of sp³-hybridized carbons (Fsp3) is 0.0400. The molecule has 0 spiro atoms. The fourth-order valence-corrected chi connectivity index (χ4v) is 11.7. The average molecular weight is 524 g/mol. The van der Waals surface area contributed by atoms with Gasteiger partial charge in [0.15, 0.2) is 0 Å². The molecular weight excluding hydrogens is 503 g/mol. The van der Waals surface area contributed by atoms with Crippen LogP contribution in [0, 0.1) is 20.2 Å². The zero-order chi connectivity index (χ0) is 26.0. The molecule has 184 valence electrons. The monoisotopic (exact) mass is 524 g/mol. The molecule has 4 aromatic carbocycles. The summed E-state index contributed by atoms with van der Waals surface area (Å²) in [5.41, 5.74) is -1.55. The van der Waals surface area contributed by atoms with Gasteiger partial charge in [0.05, 0.1) is 0 Å². The van der Waals surface area contributed by atoms with Crippen LogP contribution in [0.4, 0.5) is 11.4 Å². The summed E-state index contributed by atoms with van der Waals surface area (Å²) in [7, 11) is -4.85. The Morgan fingerprint density at radius 3 is 1.44 bits per heavy atom. The van der Waals surface area contributed by atoms with Crippen LogP contribution in [0.1, 0.15) is 0 Å². The second-order valence-electron chi connectivity index (χ2n) is 8.16. The predicted molar refractivity (Wildman–Crippen MR) is 139 cm³/mol. The van der Waals surface area contributed by atoms with E-state index in [4.69, 9.17) is 3.97 Å². The number of hydrogen-bond acceptors (Lipinski definition) is 7. The van der Waals surface area contributed by atoms with E-state index < -0.39 is 43.1 Å². The van der Waals surface area contributed by atoms with Crippen LogP contribution < -0.4 is 15.9 Å². The van der Waals surface area contributed by atoms with E-state index >= 15 is 0 Å². The van der Waals surface area contributed by atoms with Gasteiger partial charge in [0.2, 0.25) is 0 Å². The summed E-state index contributed by atoms with van der Waals surface area (Å²) >= 11 is 0. The normalized spacial score (nSPS) is 12.9. The van der Waals surface area contributed by atoms with E-state index in [1.807, 2.05) is 0 Å². The zero-order valence-electron chi connectivity index (χ0n) is 19.0. The summed E-state index contributed by atoms with van der Waals surface area (Å²) in [6, 6.07) is 28.9. The standard InChI is InChI=1S/C25H21N2O7PS/c1-35(21-11-5-2-6-12-21,22-13-7-3-8-14-22,23-15-9-4-10-16-23)34-36(32,33)25-18-17-20(26(28)29)19-24(25)27(30)31/h2-19H,1H3. The molecule has 36 heavy (non-hydrogen) atoms. The summed E-state index contributed by atoms with van der Waals surface area (Å²) in [6.45, 7) is -2.58. The van der Waals surface area contributed by atoms with Gasteiger partial charge in [-0.2, -0.15) is 0 Å². The molecule has 11 heteroatoms. The summed E-state index contributed by atoms with van der Waals surface area (Å²) in [4.78, 5) is 20.4. The number of nitro benzene ring substituents is 2. The van der Waals surface area contributed by atoms with E-state index in [0.717, 1.165) is 12.1 Å². The number of nitro groups is 2. The van der Waals surface area contributed by atoms with Crippen molar-refractivity contribution in [2.24, 2.45) is 0 Å². The molecule has 0 amide bonds. The van der Waals surface area contributed by atoms with Gasteiger partial charge in [0.1, 0.15) is 0 Å². The van der Waals surface area contributed by atoms with Crippen molar-refractivity contribution in [1.29, 1.82) is 0 Å². The molecule has 4 rings (SSSR count). The van der Waals surface area contributed by atoms with E-state index in [2.05, 4.69) is 0 Å². The van der Waals surface area contributed by atoms with Crippen molar-refractivity contribution in [3.05, 3.63) is 129 Å². The minimum atomic E-state index is -4.85. The molecule has 0 aliphatic heterocycles. The Labute approximate surface area is 207 Å². The molecule has 0 N–H and O–H groups in total. The molecule has 0 aliphatic carbocycles. The van der Waals surface area contributed by atoms with E-state index in [0.29, 0.717) is 22.0 Å². The molecule has 0 atom stereocenters. The molecule has 0 heterocycles. The van der Waals surface area contributed by atoms with Crippen LogP contribution in [-0.4, -0.2) is 24.9 Å². The molecule has 0 fully saturated rings. The van der Waals surface area contributed by atoms with Crippen LogP contribution in [0.3, 0.4) is 0 Å². The van der Waals surface area contributed by atoms with Crippen LogP contribution in [-0.2, 0) is 14.1 Å². The average Bonchev–Trinajstić information content (AvgIpc) is 2.89. The number of nitrogens with zero attached hydrogens (tertiary/aromatic N) is 2. The SMILES string of the molecule is CP(OS(=O)(=O)c1ccc([N+](=O)[O-])cc1[N+](=O)[O-])(c1ccccc1)(c1ccccc1)c1ccccc1. The third-order valence-corrected chi connectivity index (χ3v) is 13.8. The second-order valence-corrected chi connectivity index (χ2v) is 14.6. The molecule has 0 radical (unpaired) electrons. The van der Waals surface area contributed by atoms with Crippen molar-refractivity contribution in [3.8, 4) is 0 Å². The van der Waals surface area contributed by atoms with Crippen LogP contribution in [0.2, 0.25) is 0 Å². The van der Waals surface area contributed by atoms with Crippen LogP contribution in [0.25, 0.3) is 0 Å². The van der Waals surface area contributed by atoms with Gasteiger partial charge in [-0.15, -0.1) is 0 Å². The first kappa shape index (κ1) is 25.1. The molecule has 4 aromatic rings. The molecule has 0 aliphatic rings. The van der Waals surface area contributed by atoms with Gasteiger partial charge in [-0.1, -0.05) is 0 Å². The van der Waals surface area contributed by atoms with Crippen molar-refractivity contribution < 1.29 is 22.2 Å². The Morgan fingerprint density at radius 1 is 0.667 bits per heavy atom. The molecule has 0 saturated heterocycles. The Hall–Kier alpha value is -3.98. The third kappa shape index (κ3) is 4.15. The van der Waals surface area contributed by atoms with Crippen molar-refractivity contribution in [2.45, 2.75) is 4.90 Å². The summed E-state index contributed by atoms with van der Waals surface area (Å²) in [5.74, 6) is 0. The van der Waals surface area contributed by atoms with Gasteiger partial charge in [-0.3, -0.25) is 0 Å². The van der Waals surface area contributed by atoms with Gasteiger partial charge in [-0.25, -0.2) is 0 Å². The van der Waals surface area contributed by atoms with Gasteiger partial charge in [0.25, 0.3) is 0 Å². The fourth-order valence-electron chi connectivity index (χ4n) is 4.20. The van der Waals surface area contributed by atoms with Crippen LogP contribution in [0.5, 0.6) is 0 Å². The van der Waals surface area contributed by atoms with Crippen LogP contribution >= 0.6 is 6.83 Å². The van der Waals surface area contributed by atoms with Gasteiger partial charge >= 0.3 is 207 Å². The summed E-state index contributed by atoms with van der Waals surface area (Å²) in [5, 5.41) is 24.7. The van der Waals surface area contributed by atoms with Gasteiger partial charge in [0, 0.05) is 0 Å². The van der Waals surface area contributed by atoms with E-state index in [9.17, 15) is 28.6 Å². The summed E-state index contributed by atoms with van der Waals surface area (Å²) in [6.07, 6.45) is 0. The van der Waals surface area contributed by atoms with E-state index in [1.54, 1.807) is 97.7 Å². The van der Waals surface area contributed by atoms with Gasteiger partial charge < -0.3 is 0 Å². The maximum absolute atomic E-state index is 13.9. The zero-order valence-corrected chi connectivity index (χ0v) is 20.7. The van der Waals surface area contributed by atoms with E-state index in [1.165, 1.54) is 0 Å². The predicted octanol–water partition coefficient (Wildman–Crippen LogP) is 4.28.